The summed E-state index contributed by atoms with van der Waals surface area (Å²) in [5.41, 5.74) is 16.7. The van der Waals surface area contributed by atoms with Crippen LogP contribution in [-0.2, 0) is 10.8 Å². The van der Waals surface area contributed by atoms with Gasteiger partial charge in [0.1, 0.15) is 5.82 Å². The summed E-state index contributed by atoms with van der Waals surface area (Å²) < 4.78 is 15.0. The van der Waals surface area contributed by atoms with Gasteiger partial charge < -0.3 is 4.90 Å². The van der Waals surface area contributed by atoms with E-state index in [-0.39, 0.29) is 5.82 Å². The molecule has 0 unspecified atom stereocenters. The SMILES string of the molecule is Fc1ccc(N(c2ccc3c(c2)C2(c4ccccc4Sc4ccccc42)c2ccccc2-3)c2cc(C3(c4ccccc4)c4ccccc4-c4ccccc43)cc3ccccc23)cc1. The van der Waals surface area contributed by atoms with Gasteiger partial charge in [-0.2, -0.15) is 0 Å². The van der Waals surface area contributed by atoms with Gasteiger partial charge in [-0.05, 0) is 133 Å². The van der Waals surface area contributed by atoms with E-state index in [1.54, 1.807) is 12.1 Å². The van der Waals surface area contributed by atoms with Crippen molar-refractivity contribution in [1.29, 1.82) is 0 Å². The summed E-state index contributed by atoms with van der Waals surface area (Å²) in [6.07, 6.45) is 0. The highest BCUT2D eigenvalue weighted by atomic mass is 32.2. The number of nitrogens with zero attached hydrogens (tertiary/aromatic N) is 1. The zero-order chi connectivity index (χ0) is 41.7. The highest BCUT2D eigenvalue weighted by molar-refractivity contribution is 7.99. The van der Waals surface area contributed by atoms with Crippen molar-refractivity contribution in [1.82, 2.24) is 0 Å². The topological polar surface area (TPSA) is 3.24 Å². The summed E-state index contributed by atoms with van der Waals surface area (Å²) in [6.45, 7) is 0. The molecule has 1 aliphatic heterocycles. The number of fused-ring (bicyclic) bond motifs is 13. The monoisotopic (exact) mass is 823 g/mol. The predicted octanol–water partition coefficient (Wildman–Crippen LogP) is 15.6. The highest BCUT2D eigenvalue weighted by Gasteiger charge is 2.51. The smallest absolute Gasteiger partial charge is 0.123 e. The van der Waals surface area contributed by atoms with Crippen molar-refractivity contribution >= 4 is 39.6 Å². The minimum Gasteiger partial charge on any atom is -0.310 e. The average molecular weight is 824 g/mol. The van der Waals surface area contributed by atoms with E-state index in [1.807, 2.05) is 23.9 Å². The number of benzene rings is 10. The van der Waals surface area contributed by atoms with E-state index in [1.165, 1.54) is 76.6 Å². The van der Waals surface area contributed by atoms with Gasteiger partial charge in [-0.15, -0.1) is 0 Å². The second-order valence-corrected chi connectivity index (χ2v) is 17.9. The van der Waals surface area contributed by atoms with Gasteiger partial charge >= 0.3 is 0 Å². The van der Waals surface area contributed by atoms with Crippen LogP contribution in [0.5, 0.6) is 0 Å². The maximum atomic E-state index is 15.0. The Bertz CT molecular complexity index is 3370. The molecule has 1 spiro atoms. The van der Waals surface area contributed by atoms with Crippen molar-refractivity contribution in [3.8, 4) is 22.3 Å². The maximum absolute atomic E-state index is 15.0. The fourth-order valence-electron chi connectivity index (χ4n) is 11.4. The zero-order valence-corrected chi connectivity index (χ0v) is 35.0. The summed E-state index contributed by atoms with van der Waals surface area (Å²) >= 11 is 1.86. The lowest BCUT2D eigenvalue weighted by molar-refractivity contribution is 0.628. The molecule has 0 saturated carbocycles. The van der Waals surface area contributed by atoms with Gasteiger partial charge in [-0.25, -0.2) is 4.39 Å². The Labute approximate surface area is 370 Å². The van der Waals surface area contributed by atoms with Crippen LogP contribution in [0.2, 0.25) is 0 Å². The molecule has 0 radical (unpaired) electrons. The molecule has 3 aliphatic rings. The van der Waals surface area contributed by atoms with Crippen LogP contribution in [0.25, 0.3) is 33.0 Å². The zero-order valence-electron chi connectivity index (χ0n) is 34.2. The summed E-state index contributed by atoms with van der Waals surface area (Å²) in [5.74, 6) is -0.268. The molecule has 0 atom stereocenters. The minimum absolute atomic E-state index is 0.268. The Morgan fingerprint density at radius 2 is 0.841 bits per heavy atom. The van der Waals surface area contributed by atoms with Crippen molar-refractivity contribution in [2.45, 2.75) is 20.6 Å². The third-order valence-corrected chi connectivity index (χ3v) is 15.0. The number of hydrogen-bond donors (Lipinski definition) is 0. The average Bonchev–Trinajstić information content (AvgIpc) is 3.81. The molecule has 0 N–H and O–H groups in total. The van der Waals surface area contributed by atoms with E-state index in [0.717, 1.165) is 27.8 Å². The van der Waals surface area contributed by atoms with Crippen LogP contribution >= 0.6 is 11.8 Å². The lowest BCUT2D eigenvalue weighted by Crippen LogP contribution is -2.32. The van der Waals surface area contributed by atoms with E-state index < -0.39 is 10.8 Å². The molecule has 0 saturated heterocycles. The van der Waals surface area contributed by atoms with Crippen LogP contribution in [0.3, 0.4) is 0 Å². The second kappa shape index (κ2) is 13.8. The van der Waals surface area contributed by atoms with E-state index in [2.05, 4.69) is 211 Å². The first-order chi connectivity index (χ1) is 31.2. The number of halogens is 1. The first kappa shape index (κ1) is 36.2. The molecule has 10 aromatic rings. The Hall–Kier alpha value is -7.46. The Morgan fingerprint density at radius 3 is 1.48 bits per heavy atom. The molecule has 63 heavy (non-hydrogen) atoms. The molecule has 3 heteroatoms. The molecular formula is C60H38FNS. The summed E-state index contributed by atoms with van der Waals surface area (Å²) in [6, 6.07) is 83.2. The summed E-state index contributed by atoms with van der Waals surface area (Å²) in [7, 11) is 0. The maximum Gasteiger partial charge on any atom is 0.123 e. The van der Waals surface area contributed by atoms with Crippen molar-refractivity contribution < 1.29 is 4.39 Å². The number of rotatable bonds is 5. The molecule has 1 heterocycles. The molecule has 10 aromatic carbocycles. The van der Waals surface area contributed by atoms with Gasteiger partial charge in [-0.1, -0.05) is 182 Å². The van der Waals surface area contributed by atoms with Gasteiger partial charge in [0.15, 0.2) is 0 Å². The first-order valence-corrected chi connectivity index (χ1v) is 22.4. The molecule has 0 amide bonds. The molecule has 13 rings (SSSR count). The third kappa shape index (κ3) is 5.00. The van der Waals surface area contributed by atoms with Gasteiger partial charge in [0.25, 0.3) is 0 Å². The standard InChI is InChI=1S/C60H38FNS/c61-42-30-32-43(33-31-42)62(44-34-35-49-48-22-8-11-25-52(48)60(55(49)38-44)53-26-12-14-28-57(53)63-58-29-15-13-27-54(58)60)56-37-41(36-39-16-4-5-19-45(39)56)59(40-17-2-1-3-18-40)50-23-9-6-20-46(50)47-21-7-10-24-51(47)59/h1-38H. The molecule has 2 aliphatic carbocycles. The van der Waals surface area contributed by atoms with Gasteiger partial charge in [0.2, 0.25) is 0 Å². The molecule has 0 aromatic heterocycles. The number of anilines is 3. The van der Waals surface area contributed by atoms with Gasteiger partial charge in [0.05, 0.1) is 16.5 Å². The third-order valence-electron chi connectivity index (χ3n) is 13.8. The lowest BCUT2D eigenvalue weighted by Gasteiger charge is -2.40. The van der Waals surface area contributed by atoms with Gasteiger partial charge in [0, 0.05) is 26.6 Å². The van der Waals surface area contributed by atoms with Crippen LogP contribution in [0.15, 0.2) is 240 Å². The first-order valence-electron chi connectivity index (χ1n) is 21.6. The Morgan fingerprint density at radius 1 is 0.349 bits per heavy atom. The van der Waals surface area contributed by atoms with Crippen molar-refractivity contribution in [2.24, 2.45) is 0 Å². The van der Waals surface area contributed by atoms with E-state index in [4.69, 9.17) is 0 Å². The van der Waals surface area contributed by atoms with Crippen LogP contribution < -0.4 is 4.90 Å². The lowest BCUT2D eigenvalue weighted by atomic mass is 9.67. The van der Waals surface area contributed by atoms with Crippen LogP contribution in [0.4, 0.5) is 21.5 Å². The molecule has 296 valence electrons. The molecule has 0 bridgehead atoms. The molecule has 1 nitrogen and oxygen atoms in total. The normalized spacial score (nSPS) is 14.3. The fourth-order valence-corrected chi connectivity index (χ4v) is 12.6. The Kier molecular flexibility index (Phi) is 7.92. The molecule has 0 fully saturated rings. The van der Waals surface area contributed by atoms with Crippen molar-refractivity contribution in [2.75, 3.05) is 4.90 Å². The quantitative estimate of drug-likeness (QED) is 0.170. The number of hydrogen-bond acceptors (Lipinski definition) is 2. The predicted molar refractivity (Wildman–Crippen MR) is 257 cm³/mol. The second-order valence-electron chi connectivity index (χ2n) is 16.9. The fraction of sp³-hybridized carbons (Fsp3) is 0.0333. The summed E-state index contributed by atoms with van der Waals surface area (Å²) in [4.78, 5) is 4.90. The van der Waals surface area contributed by atoms with Gasteiger partial charge in [-0.3, -0.25) is 0 Å². The van der Waals surface area contributed by atoms with Crippen LogP contribution in [-0.4, -0.2) is 0 Å². The van der Waals surface area contributed by atoms with Crippen LogP contribution in [0, 0.1) is 5.82 Å². The van der Waals surface area contributed by atoms with Crippen molar-refractivity contribution in [3.63, 3.8) is 0 Å². The van der Waals surface area contributed by atoms with E-state index in [9.17, 15) is 0 Å². The van der Waals surface area contributed by atoms with Crippen molar-refractivity contribution in [3.05, 3.63) is 281 Å². The largest absolute Gasteiger partial charge is 0.310 e. The Balaban J connectivity index is 1.13. The highest BCUT2D eigenvalue weighted by Crippen LogP contribution is 2.63. The van der Waals surface area contributed by atoms with Crippen LogP contribution in [0.1, 0.15) is 44.5 Å². The van der Waals surface area contributed by atoms with E-state index >= 15 is 4.39 Å². The minimum atomic E-state index is -0.613. The summed E-state index contributed by atoms with van der Waals surface area (Å²) in [5, 5.41) is 2.24. The molecular weight excluding hydrogens is 786 g/mol. The van der Waals surface area contributed by atoms with E-state index in [0.29, 0.717) is 0 Å².